The smallest absolute Gasteiger partial charge is 0.160 e. The molecule has 0 atom stereocenters. The lowest BCUT2D eigenvalue weighted by molar-refractivity contribution is 0.632. The molecule has 5 nitrogen and oxygen atoms in total. The molecule has 0 radical (unpaired) electrons. The Bertz CT molecular complexity index is 1140. The Morgan fingerprint density at radius 1 is 1.00 bits per heavy atom. The zero-order valence-corrected chi connectivity index (χ0v) is 14.4. The predicted molar refractivity (Wildman–Crippen MR) is 102 cm³/mol. The third-order valence-corrected chi connectivity index (χ3v) is 4.71. The number of fused-ring (bicyclic) bond motifs is 1. The molecular formula is C21H16FN5. The molecule has 0 amide bonds. The average Bonchev–Trinajstić information content (AvgIpc) is 3.54. The fourth-order valence-corrected chi connectivity index (χ4v) is 3.17. The minimum absolute atomic E-state index is 0.328. The van der Waals surface area contributed by atoms with Crippen LogP contribution in [0.25, 0.3) is 22.3 Å². The summed E-state index contributed by atoms with van der Waals surface area (Å²) in [6.07, 6.45) is 9.64. The second-order valence-corrected chi connectivity index (χ2v) is 6.66. The summed E-state index contributed by atoms with van der Waals surface area (Å²) in [5.41, 5.74) is 3.25. The first-order chi connectivity index (χ1) is 13.3. The lowest BCUT2D eigenvalue weighted by atomic mass is 10.1. The minimum atomic E-state index is -0.328. The van der Waals surface area contributed by atoms with E-state index in [0.29, 0.717) is 23.2 Å². The van der Waals surface area contributed by atoms with Crippen molar-refractivity contribution in [2.24, 2.45) is 0 Å². The van der Waals surface area contributed by atoms with E-state index in [-0.39, 0.29) is 5.82 Å². The molecule has 0 bridgehead atoms. The van der Waals surface area contributed by atoms with Crippen LogP contribution in [0.15, 0.2) is 61.2 Å². The van der Waals surface area contributed by atoms with Crippen LogP contribution < -0.4 is 5.32 Å². The number of rotatable bonds is 4. The van der Waals surface area contributed by atoms with E-state index >= 15 is 0 Å². The van der Waals surface area contributed by atoms with E-state index in [4.69, 9.17) is 0 Å². The maximum Gasteiger partial charge on any atom is 0.160 e. The third kappa shape index (κ3) is 3.10. The van der Waals surface area contributed by atoms with Crippen molar-refractivity contribution in [2.75, 3.05) is 5.32 Å². The van der Waals surface area contributed by atoms with Gasteiger partial charge in [-0.05, 0) is 48.6 Å². The summed E-state index contributed by atoms with van der Waals surface area (Å²) in [5.74, 6) is 1.39. The summed E-state index contributed by atoms with van der Waals surface area (Å²) in [6, 6.07) is 10.1. The van der Waals surface area contributed by atoms with Gasteiger partial charge in [0.2, 0.25) is 0 Å². The summed E-state index contributed by atoms with van der Waals surface area (Å²) in [5, 5.41) is 4.06. The molecule has 1 aliphatic carbocycles. The van der Waals surface area contributed by atoms with Crippen LogP contribution in [0.3, 0.4) is 0 Å². The summed E-state index contributed by atoms with van der Waals surface area (Å²) >= 11 is 0. The lowest BCUT2D eigenvalue weighted by Gasteiger charge is -2.09. The van der Waals surface area contributed by atoms with Crippen molar-refractivity contribution in [3.63, 3.8) is 0 Å². The van der Waals surface area contributed by atoms with Gasteiger partial charge in [-0.2, -0.15) is 0 Å². The highest BCUT2D eigenvalue weighted by Crippen LogP contribution is 2.42. The first kappa shape index (κ1) is 15.8. The highest BCUT2D eigenvalue weighted by molar-refractivity contribution is 5.83. The van der Waals surface area contributed by atoms with Crippen LogP contribution in [0.4, 0.5) is 15.9 Å². The predicted octanol–water partition coefficient (Wildman–Crippen LogP) is 4.85. The summed E-state index contributed by atoms with van der Waals surface area (Å²) in [4.78, 5) is 17.8. The molecule has 4 aromatic rings. The molecule has 1 fully saturated rings. The van der Waals surface area contributed by atoms with Crippen LogP contribution in [0, 0.1) is 5.82 Å². The van der Waals surface area contributed by atoms with Gasteiger partial charge >= 0.3 is 0 Å². The third-order valence-electron chi connectivity index (χ3n) is 4.71. The van der Waals surface area contributed by atoms with E-state index < -0.39 is 0 Å². The van der Waals surface area contributed by atoms with E-state index in [1.54, 1.807) is 30.6 Å². The van der Waals surface area contributed by atoms with Crippen molar-refractivity contribution in [1.29, 1.82) is 0 Å². The molecule has 5 rings (SSSR count). The summed E-state index contributed by atoms with van der Waals surface area (Å²) < 4.78 is 13.9. The monoisotopic (exact) mass is 357 g/mol. The summed E-state index contributed by atoms with van der Waals surface area (Å²) in [6.45, 7) is 0. The van der Waals surface area contributed by atoms with Gasteiger partial charge in [-0.3, -0.25) is 4.98 Å². The van der Waals surface area contributed by atoms with Crippen LogP contribution in [-0.2, 0) is 0 Å². The number of nitrogens with zero attached hydrogens (tertiary/aromatic N) is 4. The molecular weight excluding hydrogens is 341 g/mol. The number of hydrogen-bond donors (Lipinski definition) is 1. The quantitative estimate of drug-likeness (QED) is 0.566. The molecule has 3 heterocycles. The van der Waals surface area contributed by atoms with E-state index in [0.717, 1.165) is 16.5 Å². The SMILES string of the molecule is Fc1ccccc1Nc1cc(-c2ncc3c(C4CC4)cncc3n2)ccn1. The molecule has 1 aromatic carbocycles. The first-order valence-corrected chi connectivity index (χ1v) is 8.86. The molecule has 132 valence electrons. The molecule has 0 unspecified atom stereocenters. The normalized spacial score (nSPS) is 13.7. The van der Waals surface area contributed by atoms with Crippen LogP contribution in [-0.4, -0.2) is 19.9 Å². The highest BCUT2D eigenvalue weighted by Gasteiger charge is 2.26. The number of benzene rings is 1. The Kier molecular flexibility index (Phi) is 3.74. The van der Waals surface area contributed by atoms with E-state index in [2.05, 4.69) is 25.3 Å². The number of aromatic nitrogens is 4. The Labute approximate surface area is 155 Å². The zero-order valence-electron chi connectivity index (χ0n) is 14.4. The van der Waals surface area contributed by atoms with Gasteiger partial charge in [-0.1, -0.05) is 12.1 Å². The van der Waals surface area contributed by atoms with Crippen LogP contribution in [0.2, 0.25) is 0 Å². The Morgan fingerprint density at radius 2 is 1.89 bits per heavy atom. The van der Waals surface area contributed by atoms with Gasteiger partial charge in [0.15, 0.2) is 5.82 Å². The Morgan fingerprint density at radius 3 is 2.74 bits per heavy atom. The van der Waals surface area contributed by atoms with Crippen molar-refractivity contribution >= 4 is 22.4 Å². The van der Waals surface area contributed by atoms with Crippen LogP contribution >= 0.6 is 0 Å². The lowest BCUT2D eigenvalue weighted by Crippen LogP contribution is -1.98. The van der Waals surface area contributed by atoms with E-state index in [1.165, 1.54) is 24.5 Å². The minimum Gasteiger partial charge on any atom is -0.338 e. The van der Waals surface area contributed by atoms with Crippen molar-refractivity contribution in [3.8, 4) is 11.4 Å². The Hall–Kier alpha value is -3.41. The standard InChI is InChI=1S/C21H16FN5/c22-17-3-1-2-4-18(17)26-20-9-14(7-8-24-20)21-25-11-16-15(13-5-6-13)10-23-12-19(16)27-21/h1-4,7-13H,5-6H2,(H,24,26). The van der Waals surface area contributed by atoms with Crippen molar-refractivity contribution in [1.82, 2.24) is 19.9 Å². The maximum absolute atomic E-state index is 13.9. The highest BCUT2D eigenvalue weighted by atomic mass is 19.1. The van der Waals surface area contributed by atoms with Crippen molar-refractivity contribution in [3.05, 3.63) is 72.6 Å². The topological polar surface area (TPSA) is 63.6 Å². The molecule has 0 saturated heterocycles. The van der Waals surface area contributed by atoms with Gasteiger partial charge in [0.1, 0.15) is 11.6 Å². The number of nitrogens with one attached hydrogen (secondary N) is 1. The second-order valence-electron chi connectivity index (χ2n) is 6.66. The molecule has 1 N–H and O–H groups in total. The Balaban J connectivity index is 1.50. The van der Waals surface area contributed by atoms with E-state index in [9.17, 15) is 4.39 Å². The molecule has 0 aliphatic heterocycles. The largest absolute Gasteiger partial charge is 0.338 e. The molecule has 27 heavy (non-hydrogen) atoms. The average molecular weight is 357 g/mol. The summed E-state index contributed by atoms with van der Waals surface area (Å²) in [7, 11) is 0. The van der Waals surface area contributed by atoms with Gasteiger partial charge in [0, 0.05) is 29.5 Å². The fourth-order valence-electron chi connectivity index (χ4n) is 3.17. The number of para-hydroxylation sites is 1. The van der Waals surface area contributed by atoms with Gasteiger partial charge in [0.05, 0.1) is 17.4 Å². The number of hydrogen-bond acceptors (Lipinski definition) is 5. The van der Waals surface area contributed by atoms with Gasteiger partial charge in [-0.15, -0.1) is 0 Å². The van der Waals surface area contributed by atoms with Crippen molar-refractivity contribution in [2.45, 2.75) is 18.8 Å². The van der Waals surface area contributed by atoms with Crippen LogP contribution in [0.5, 0.6) is 0 Å². The van der Waals surface area contributed by atoms with Gasteiger partial charge in [-0.25, -0.2) is 19.3 Å². The fraction of sp³-hybridized carbons (Fsp3) is 0.143. The number of pyridine rings is 2. The van der Waals surface area contributed by atoms with Crippen LogP contribution in [0.1, 0.15) is 24.3 Å². The molecule has 0 spiro atoms. The van der Waals surface area contributed by atoms with Gasteiger partial charge < -0.3 is 5.32 Å². The molecule has 3 aromatic heterocycles. The molecule has 1 aliphatic rings. The van der Waals surface area contributed by atoms with Gasteiger partial charge in [0.25, 0.3) is 0 Å². The second kappa shape index (κ2) is 6.39. The number of anilines is 2. The maximum atomic E-state index is 13.9. The molecule has 6 heteroatoms. The molecule has 1 saturated carbocycles. The van der Waals surface area contributed by atoms with Crippen molar-refractivity contribution < 1.29 is 4.39 Å². The number of halogens is 1. The first-order valence-electron chi connectivity index (χ1n) is 8.86. The zero-order chi connectivity index (χ0) is 18.2. The van der Waals surface area contributed by atoms with E-state index in [1.807, 2.05) is 24.5 Å².